The van der Waals surface area contributed by atoms with Crippen molar-refractivity contribution in [3.63, 3.8) is 0 Å². The predicted octanol–water partition coefficient (Wildman–Crippen LogP) is 2.66. The van der Waals surface area contributed by atoms with Gasteiger partial charge in [0.25, 0.3) is 5.91 Å². The number of carbonyl (C=O) groups is 1. The summed E-state index contributed by atoms with van der Waals surface area (Å²) in [5.41, 5.74) is 2.66. The second kappa shape index (κ2) is 7.43. The first-order valence-electron chi connectivity index (χ1n) is 7.40. The number of nitrogens with two attached hydrogens (primary N) is 1. The first kappa shape index (κ1) is 21.1. The lowest BCUT2D eigenvalue weighted by molar-refractivity contribution is -0.137. The number of halogens is 4. The zero-order valence-electron chi connectivity index (χ0n) is 14.1. The number of nitrogens with zero attached hydrogens (tertiary/aromatic N) is 2. The van der Waals surface area contributed by atoms with Gasteiger partial charge in [-0.05, 0) is 22.0 Å². The highest BCUT2D eigenvalue weighted by Crippen LogP contribution is 2.43. The van der Waals surface area contributed by atoms with Crippen LogP contribution in [-0.2, 0) is 16.0 Å². The smallest absolute Gasteiger partial charge is 0.398 e. The average molecular weight is 467 g/mol. The van der Waals surface area contributed by atoms with E-state index < -0.39 is 49.4 Å². The molecule has 0 fully saturated rings. The van der Waals surface area contributed by atoms with Crippen molar-refractivity contribution in [1.82, 2.24) is 15.3 Å². The Labute approximate surface area is 161 Å². The number of hydrogen-bond acceptors (Lipinski definition) is 6. The van der Waals surface area contributed by atoms with Crippen molar-refractivity contribution >= 4 is 37.4 Å². The molecule has 2 aromatic rings. The Hall–Kier alpha value is -2.21. The third-order valence-electron chi connectivity index (χ3n) is 3.64. The van der Waals surface area contributed by atoms with E-state index in [2.05, 4.69) is 31.2 Å². The summed E-state index contributed by atoms with van der Waals surface area (Å²) in [6, 6.07) is 1.23. The molecular formula is C15H14BrF3N4O3S. The minimum Gasteiger partial charge on any atom is -0.398 e. The second-order valence-electron chi connectivity index (χ2n) is 5.30. The van der Waals surface area contributed by atoms with Crippen molar-refractivity contribution in [3.05, 3.63) is 34.3 Å². The SMILES string of the molecule is CCS(=O)(=O)c1c(C(=O)NC)ncc(C(F)(F)F)c1-c1cnc(Br)cc1N. The minimum absolute atomic E-state index is 0.149. The van der Waals surface area contributed by atoms with Crippen molar-refractivity contribution in [2.75, 3.05) is 18.5 Å². The summed E-state index contributed by atoms with van der Waals surface area (Å²) in [5, 5.41) is 2.18. The molecule has 0 saturated heterocycles. The summed E-state index contributed by atoms with van der Waals surface area (Å²) >= 11 is 3.04. The van der Waals surface area contributed by atoms with E-state index in [4.69, 9.17) is 5.73 Å². The van der Waals surface area contributed by atoms with Gasteiger partial charge in [0.1, 0.15) is 15.2 Å². The fourth-order valence-electron chi connectivity index (χ4n) is 2.36. The number of nitrogen functional groups attached to an aromatic ring is 1. The Morgan fingerprint density at radius 2 is 1.93 bits per heavy atom. The molecule has 27 heavy (non-hydrogen) atoms. The largest absolute Gasteiger partial charge is 0.418 e. The van der Waals surface area contributed by atoms with Gasteiger partial charge in [0.2, 0.25) is 0 Å². The van der Waals surface area contributed by atoms with E-state index in [-0.39, 0.29) is 15.9 Å². The molecule has 12 heteroatoms. The molecule has 0 radical (unpaired) electrons. The Kier molecular flexibility index (Phi) is 5.80. The summed E-state index contributed by atoms with van der Waals surface area (Å²) in [4.78, 5) is 18.6. The van der Waals surface area contributed by atoms with Crippen molar-refractivity contribution in [1.29, 1.82) is 0 Å². The van der Waals surface area contributed by atoms with Crippen LogP contribution in [0.15, 0.2) is 28.0 Å². The highest BCUT2D eigenvalue weighted by molar-refractivity contribution is 9.10. The molecular weight excluding hydrogens is 453 g/mol. The lowest BCUT2D eigenvalue weighted by Gasteiger charge is -2.19. The van der Waals surface area contributed by atoms with Gasteiger partial charge in [0.15, 0.2) is 9.84 Å². The molecule has 0 spiro atoms. The molecule has 0 aliphatic heterocycles. The molecule has 0 saturated carbocycles. The Balaban J connectivity index is 3.11. The van der Waals surface area contributed by atoms with Crippen LogP contribution in [0.2, 0.25) is 0 Å². The summed E-state index contributed by atoms with van der Waals surface area (Å²) in [5.74, 6) is -1.49. The number of pyridine rings is 2. The van der Waals surface area contributed by atoms with Gasteiger partial charge in [-0.3, -0.25) is 4.79 Å². The molecule has 2 rings (SSSR count). The number of sulfone groups is 1. The number of hydrogen-bond donors (Lipinski definition) is 2. The van der Waals surface area contributed by atoms with Crippen molar-refractivity contribution in [3.8, 4) is 11.1 Å². The molecule has 0 unspecified atom stereocenters. The second-order valence-corrected chi connectivity index (χ2v) is 8.33. The molecule has 1 amide bonds. The van der Waals surface area contributed by atoms with Crippen LogP contribution in [0.5, 0.6) is 0 Å². The summed E-state index contributed by atoms with van der Waals surface area (Å²) in [7, 11) is -3.08. The number of aromatic nitrogens is 2. The molecule has 0 aliphatic rings. The van der Waals surface area contributed by atoms with Gasteiger partial charge in [0.05, 0.1) is 11.3 Å². The number of rotatable bonds is 4. The van der Waals surface area contributed by atoms with Crippen LogP contribution in [0.4, 0.5) is 18.9 Å². The highest BCUT2D eigenvalue weighted by atomic mass is 79.9. The highest BCUT2D eigenvalue weighted by Gasteiger charge is 2.40. The number of alkyl halides is 3. The Bertz CT molecular complexity index is 1010. The van der Waals surface area contributed by atoms with E-state index >= 15 is 0 Å². The first-order chi connectivity index (χ1) is 12.4. The zero-order valence-corrected chi connectivity index (χ0v) is 16.5. The zero-order chi connectivity index (χ0) is 20.6. The van der Waals surface area contributed by atoms with Crippen LogP contribution >= 0.6 is 15.9 Å². The third kappa shape index (κ3) is 4.05. The number of nitrogens with one attached hydrogen (secondary N) is 1. The van der Waals surface area contributed by atoms with Crippen LogP contribution in [0, 0.1) is 0 Å². The van der Waals surface area contributed by atoms with Crippen LogP contribution in [0.3, 0.4) is 0 Å². The van der Waals surface area contributed by atoms with E-state index in [0.29, 0.717) is 6.20 Å². The first-order valence-corrected chi connectivity index (χ1v) is 9.85. The van der Waals surface area contributed by atoms with Crippen molar-refractivity contribution < 1.29 is 26.4 Å². The van der Waals surface area contributed by atoms with Crippen molar-refractivity contribution in [2.45, 2.75) is 18.0 Å². The van der Waals surface area contributed by atoms with E-state index in [1.807, 2.05) is 0 Å². The molecule has 7 nitrogen and oxygen atoms in total. The van der Waals surface area contributed by atoms with Gasteiger partial charge in [-0.25, -0.2) is 18.4 Å². The van der Waals surface area contributed by atoms with E-state index in [1.54, 1.807) is 0 Å². The molecule has 2 heterocycles. The van der Waals surface area contributed by atoms with Crippen LogP contribution in [-0.4, -0.2) is 37.1 Å². The lowest BCUT2D eigenvalue weighted by atomic mass is 10.00. The Morgan fingerprint density at radius 1 is 1.30 bits per heavy atom. The van der Waals surface area contributed by atoms with Crippen LogP contribution in [0.25, 0.3) is 11.1 Å². The summed E-state index contributed by atoms with van der Waals surface area (Å²) in [6.07, 6.45) is -3.52. The predicted molar refractivity (Wildman–Crippen MR) is 95.7 cm³/mol. The van der Waals surface area contributed by atoms with Gasteiger partial charge in [-0.1, -0.05) is 6.92 Å². The lowest BCUT2D eigenvalue weighted by Crippen LogP contribution is -2.25. The topological polar surface area (TPSA) is 115 Å². The molecule has 0 atom stereocenters. The van der Waals surface area contributed by atoms with Crippen LogP contribution < -0.4 is 11.1 Å². The fraction of sp³-hybridized carbons (Fsp3) is 0.267. The normalized spacial score (nSPS) is 12.1. The molecule has 0 aromatic carbocycles. The molecule has 3 N–H and O–H groups in total. The van der Waals surface area contributed by atoms with E-state index in [0.717, 1.165) is 6.20 Å². The molecule has 0 aliphatic carbocycles. The van der Waals surface area contributed by atoms with Crippen molar-refractivity contribution in [2.24, 2.45) is 0 Å². The fourth-order valence-corrected chi connectivity index (χ4v) is 3.96. The molecule has 146 valence electrons. The van der Waals surface area contributed by atoms with Crippen LogP contribution in [0.1, 0.15) is 23.0 Å². The molecule has 0 bridgehead atoms. The quantitative estimate of drug-likeness (QED) is 0.669. The van der Waals surface area contributed by atoms with Gasteiger partial charge >= 0.3 is 6.18 Å². The van der Waals surface area contributed by atoms with Gasteiger partial charge in [-0.2, -0.15) is 13.2 Å². The number of amides is 1. The minimum atomic E-state index is -4.94. The summed E-state index contributed by atoms with van der Waals surface area (Å²) in [6.45, 7) is 1.25. The maximum Gasteiger partial charge on any atom is 0.418 e. The van der Waals surface area contributed by atoms with E-state index in [9.17, 15) is 26.4 Å². The molecule has 2 aromatic heterocycles. The Morgan fingerprint density at radius 3 is 2.41 bits per heavy atom. The van der Waals surface area contributed by atoms with E-state index in [1.165, 1.54) is 20.0 Å². The summed E-state index contributed by atoms with van der Waals surface area (Å²) < 4.78 is 66.4. The van der Waals surface area contributed by atoms with Gasteiger partial charge in [0, 0.05) is 36.3 Å². The van der Waals surface area contributed by atoms with Gasteiger partial charge < -0.3 is 11.1 Å². The maximum atomic E-state index is 13.6. The maximum absolute atomic E-state index is 13.6. The third-order valence-corrected chi connectivity index (χ3v) is 5.86. The average Bonchev–Trinajstić information content (AvgIpc) is 2.59. The number of anilines is 1. The monoisotopic (exact) mass is 466 g/mol. The number of carbonyl (C=O) groups excluding carboxylic acids is 1. The standard InChI is InChI=1S/C15H14BrF3N4O3S/c1-3-27(25,26)13-11(7-5-22-10(16)4-9(7)20)8(15(17,18)19)6-23-12(13)14(24)21-2/h4-6H,3H2,1-2H3,(H2,20,22)(H,21,24). The van der Waals surface area contributed by atoms with Gasteiger partial charge in [-0.15, -0.1) is 0 Å².